The molecule has 2 unspecified atom stereocenters. The van der Waals surface area contributed by atoms with Crippen LogP contribution in [0.3, 0.4) is 0 Å². The van der Waals surface area contributed by atoms with E-state index < -0.39 is 11.7 Å². The van der Waals surface area contributed by atoms with Crippen molar-refractivity contribution in [2.45, 2.75) is 51.2 Å². The van der Waals surface area contributed by atoms with Gasteiger partial charge < -0.3 is 15.1 Å². The number of hydrogen-bond donors (Lipinski definition) is 1. The van der Waals surface area contributed by atoms with E-state index in [1.807, 2.05) is 0 Å². The third-order valence-electron chi connectivity index (χ3n) is 5.94. The summed E-state index contributed by atoms with van der Waals surface area (Å²) in [6, 6.07) is 3.93. The maximum atomic E-state index is 13.1. The molecule has 1 amide bonds. The fourth-order valence-corrected chi connectivity index (χ4v) is 4.18. The third kappa shape index (κ3) is 4.72. The number of halogens is 3. The zero-order valence-corrected chi connectivity index (χ0v) is 17.5. The Balaban J connectivity index is 1.66. The van der Waals surface area contributed by atoms with Gasteiger partial charge in [-0.1, -0.05) is 0 Å². The summed E-state index contributed by atoms with van der Waals surface area (Å²) in [4.78, 5) is 29.0. The van der Waals surface area contributed by atoms with Gasteiger partial charge in [-0.2, -0.15) is 18.2 Å². The summed E-state index contributed by atoms with van der Waals surface area (Å²) >= 11 is 0. The normalized spacial score (nSPS) is 21.6. The van der Waals surface area contributed by atoms with Crippen LogP contribution in [0.2, 0.25) is 0 Å². The summed E-state index contributed by atoms with van der Waals surface area (Å²) in [6.45, 7) is 5.72. The number of likely N-dealkylation sites (tertiary alicyclic amines) is 1. The second kappa shape index (κ2) is 8.32. The lowest BCUT2D eigenvalue weighted by atomic mass is 10.0. The Morgan fingerprint density at radius 1 is 1.16 bits per heavy atom. The van der Waals surface area contributed by atoms with Crippen LogP contribution in [-0.2, 0) is 11.0 Å². The molecule has 0 aromatic carbocycles. The van der Waals surface area contributed by atoms with Crippen molar-refractivity contribution < 1.29 is 18.0 Å². The van der Waals surface area contributed by atoms with E-state index in [-0.39, 0.29) is 23.7 Å². The highest BCUT2D eigenvalue weighted by Crippen LogP contribution is 2.33. The van der Waals surface area contributed by atoms with Gasteiger partial charge in [0.15, 0.2) is 0 Å². The second-order valence-electron chi connectivity index (χ2n) is 8.17. The Morgan fingerprint density at radius 2 is 1.97 bits per heavy atom. The number of nitrogens with zero attached hydrogens (tertiary/aromatic N) is 5. The van der Waals surface area contributed by atoms with Crippen molar-refractivity contribution in [1.29, 1.82) is 0 Å². The molecule has 0 saturated carbocycles. The number of amides is 1. The average Bonchev–Trinajstić information content (AvgIpc) is 3.37. The van der Waals surface area contributed by atoms with Gasteiger partial charge in [-0.05, 0) is 38.3 Å². The van der Waals surface area contributed by atoms with Gasteiger partial charge >= 0.3 is 6.18 Å². The van der Waals surface area contributed by atoms with Crippen molar-refractivity contribution in [2.75, 3.05) is 29.9 Å². The molecule has 31 heavy (non-hydrogen) atoms. The number of carbonyl (C=O) groups is 1. The van der Waals surface area contributed by atoms with Crippen LogP contribution < -0.4 is 10.2 Å². The number of nitrogens with one attached hydrogen (secondary N) is 1. The van der Waals surface area contributed by atoms with E-state index in [1.54, 1.807) is 17.9 Å². The monoisotopic (exact) mass is 434 g/mol. The summed E-state index contributed by atoms with van der Waals surface area (Å²) in [5.41, 5.74) is 0.00267. The molecule has 0 aliphatic carbocycles. The molecule has 2 aliphatic heterocycles. The van der Waals surface area contributed by atoms with Crippen LogP contribution in [0.25, 0.3) is 0 Å². The van der Waals surface area contributed by atoms with Gasteiger partial charge in [-0.3, -0.25) is 4.79 Å². The predicted molar refractivity (Wildman–Crippen MR) is 110 cm³/mol. The Kier molecular flexibility index (Phi) is 5.72. The number of alkyl halides is 3. The molecule has 0 spiro atoms. The quantitative estimate of drug-likeness (QED) is 0.785. The lowest BCUT2D eigenvalue weighted by Gasteiger charge is -2.23. The van der Waals surface area contributed by atoms with Crippen molar-refractivity contribution in [3.63, 3.8) is 0 Å². The van der Waals surface area contributed by atoms with Gasteiger partial charge in [0.05, 0.1) is 11.3 Å². The van der Waals surface area contributed by atoms with Crippen molar-refractivity contribution in [3.05, 3.63) is 35.7 Å². The molecule has 2 saturated heterocycles. The first-order valence-corrected chi connectivity index (χ1v) is 10.4. The van der Waals surface area contributed by atoms with E-state index in [2.05, 4.69) is 27.1 Å². The van der Waals surface area contributed by atoms with Crippen LogP contribution in [0, 0.1) is 0 Å². The molecule has 2 aliphatic rings. The number of hydrogen-bond acceptors (Lipinski definition) is 6. The topological polar surface area (TPSA) is 74.2 Å². The molecule has 166 valence electrons. The number of aromatic nitrogens is 3. The Bertz CT molecular complexity index is 966. The Hall–Kier alpha value is -2.91. The zero-order chi connectivity index (χ0) is 22.2. The predicted octanol–water partition coefficient (Wildman–Crippen LogP) is 3.96. The zero-order valence-electron chi connectivity index (χ0n) is 17.5. The molecule has 1 N–H and O–H groups in total. The van der Waals surface area contributed by atoms with Crippen LogP contribution in [0.15, 0.2) is 24.4 Å². The van der Waals surface area contributed by atoms with Gasteiger partial charge in [0.1, 0.15) is 11.6 Å². The maximum absolute atomic E-state index is 13.1. The van der Waals surface area contributed by atoms with E-state index in [9.17, 15) is 18.0 Å². The summed E-state index contributed by atoms with van der Waals surface area (Å²) in [5, 5.41) is 2.92. The fourth-order valence-electron chi connectivity index (χ4n) is 4.18. The second-order valence-corrected chi connectivity index (χ2v) is 8.17. The van der Waals surface area contributed by atoms with Crippen LogP contribution in [0.5, 0.6) is 0 Å². The molecule has 10 heteroatoms. The Labute approximate surface area is 178 Å². The fraction of sp³-hybridized carbons (Fsp3) is 0.524. The standard InChI is InChI=1S/C21H25F3N6O/c1-13-4-3-8-30(13)20-26-17(15-6-9-29(12-15)14(2)31)11-19(28-20)27-18-10-16(5-7-25-18)21(22,23)24/h5,7,10-11,13,15H,3-4,6,8-9,12H2,1-2H3,(H,25,26,27,28). The minimum absolute atomic E-state index is 0.0245. The molecule has 2 aromatic rings. The van der Waals surface area contributed by atoms with E-state index >= 15 is 0 Å². The van der Waals surface area contributed by atoms with E-state index in [1.165, 1.54) is 0 Å². The molecule has 4 rings (SSSR count). The average molecular weight is 434 g/mol. The van der Waals surface area contributed by atoms with E-state index in [0.29, 0.717) is 24.9 Å². The summed E-state index contributed by atoms with van der Waals surface area (Å²) < 4.78 is 39.2. The molecular formula is C21H25F3N6O. The molecule has 7 nitrogen and oxygen atoms in total. The van der Waals surface area contributed by atoms with Crippen molar-refractivity contribution >= 4 is 23.5 Å². The van der Waals surface area contributed by atoms with E-state index in [0.717, 1.165) is 49.8 Å². The highest BCUT2D eigenvalue weighted by Gasteiger charge is 2.31. The van der Waals surface area contributed by atoms with Crippen molar-refractivity contribution in [2.24, 2.45) is 0 Å². The van der Waals surface area contributed by atoms with Crippen LogP contribution in [-0.4, -0.2) is 51.4 Å². The van der Waals surface area contributed by atoms with Gasteiger partial charge in [0.2, 0.25) is 11.9 Å². The van der Waals surface area contributed by atoms with Gasteiger partial charge in [-0.25, -0.2) is 9.97 Å². The molecule has 0 radical (unpaired) electrons. The van der Waals surface area contributed by atoms with Crippen molar-refractivity contribution in [3.8, 4) is 0 Å². The van der Waals surface area contributed by atoms with Crippen LogP contribution >= 0.6 is 0 Å². The SMILES string of the molecule is CC(=O)N1CCC(c2cc(Nc3cc(C(F)(F)F)ccn3)nc(N3CCCC3C)n2)C1. The van der Waals surface area contributed by atoms with Gasteiger partial charge in [0, 0.05) is 50.8 Å². The first kappa shape index (κ1) is 21.3. The first-order chi connectivity index (χ1) is 14.7. The minimum atomic E-state index is -4.45. The van der Waals surface area contributed by atoms with Gasteiger partial charge in [0.25, 0.3) is 0 Å². The molecule has 2 atom stereocenters. The molecule has 2 fully saturated rings. The number of anilines is 3. The van der Waals surface area contributed by atoms with E-state index in [4.69, 9.17) is 4.98 Å². The lowest BCUT2D eigenvalue weighted by molar-refractivity contribution is -0.137. The molecular weight excluding hydrogens is 409 g/mol. The van der Waals surface area contributed by atoms with Gasteiger partial charge in [-0.15, -0.1) is 0 Å². The number of rotatable bonds is 4. The minimum Gasteiger partial charge on any atom is -0.342 e. The molecule has 4 heterocycles. The number of pyridine rings is 1. The summed E-state index contributed by atoms with van der Waals surface area (Å²) in [6.07, 6.45) is -0.473. The smallest absolute Gasteiger partial charge is 0.342 e. The maximum Gasteiger partial charge on any atom is 0.416 e. The van der Waals surface area contributed by atoms with Crippen LogP contribution in [0.4, 0.5) is 30.8 Å². The lowest BCUT2D eigenvalue weighted by Crippen LogP contribution is -2.29. The summed E-state index contributed by atoms with van der Waals surface area (Å²) in [7, 11) is 0. The third-order valence-corrected chi connectivity index (χ3v) is 5.94. The van der Waals surface area contributed by atoms with Crippen LogP contribution in [0.1, 0.15) is 50.3 Å². The first-order valence-electron chi connectivity index (χ1n) is 10.4. The molecule has 2 aromatic heterocycles. The largest absolute Gasteiger partial charge is 0.416 e. The Morgan fingerprint density at radius 3 is 2.61 bits per heavy atom. The number of carbonyl (C=O) groups excluding carboxylic acids is 1. The molecule has 0 bridgehead atoms. The highest BCUT2D eigenvalue weighted by molar-refractivity contribution is 5.73. The summed E-state index contributed by atoms with van der Waals surface area (Å²) in [5.74, 6) is 1.09. The van der Waals surface area contributed by atoms with Crippen molar-refractivity contribution in [1.82, 2.24) is 19.9 Å². The highest BCUT2D eigenvalue weighted by atomic mass is 19.4.